The van der Waals surface area contributed by atoms with Crippen molar-refractivity contribution in [2.45, 2.75) is 26.4 Å². The molecule has 104 valence electrons. The Balaban J connectivity index is 3.00. The van der Waals surface area contributed by atoms with Crippen molar-refractivity contribution >= 4 is 17.6 Å². The fourth-order valence-corrected chi connectivity index (χ4v) is 1.56. The fraction of sp³-hybridized carbons (Fsp3) is 0.385. The molecule has 1 atom stereocenters. The molecule has 1 aromatic rings. The highest BCUT2D eigenvalue weighted by Crippen LogP contribution is 2.26. The molecule has 0 heterocycles. The fourth-order valence-electron chi connectivity index (χ4n) is 1.56. The third-order valence-electron chi connectivity index (χ3n) is 2.46. The average molecular weight is 267 g/mol. The van der Waals surface area contributed by atoms with Gasteiger partial charge in [0.05, 0.1) is 6.61 Å². The molecule has 0 amide bonds. The lowest BCUT2D eigenvalue weighted by Gasteiger charge is -2.17. The van der Waals surface area contributed by atoms with Gasteiger partial charge in [-0.3, -0.25) is 0 Å². The van der Waals surface area contributed by atoms with Gasteiger partial charge in [0.15, 0.2) is 6.10 Å². The molecule has 19 heavy (non-hydrogen) atoms. The summed E-state index contributed by atoms with van der Waals surface area (Å²) in [5.74, 6) is -1.66. The maximum Gasteiger partial charge on any atom is 0.347 e. The monoisotopic (exact) mass is 267 g/mol. The third kappa shape index (κ3) is 3.61. The maximum absolute atomic E-state index is 11.6. The molecule has 1 aromatic carbocycles. The molecule has 1 rings (SSSR count). The van der Waals surface area contributed by atoms with Crippen LogP contribution in [0.5, 0.6) is 5.75 Å². The van der Waals surface area contributed by atoms with Crippen molar-refractivity contribution in [2.24, 2.45) is 0 Å². The zero-order valence-electron chi connectivity index (χ0n) is 10.9. The number of nitrogen functional groups attached to an aromatic ring is 1. The van der Waals surface area contributed by atoms with Crippen molar-refractivity contribution in [3.05, 3.63) is 23.8 Å². The minimum absolute atomic E-state index is 0.0624. The molecular formula is C13H17NO5. The number of carboxylic acids is 1. The van der Waals surface area contributed by atoms with Crippen molar-refractivity contribution in [3.8, 4) is 5.75 Å². The zero-order chi connectivity index (χ0) is 14.4. The summed E-state index contributed by atoms with van der Waals surface area (Å²) >= 11 is 0. The van der Waals surface area contributed by atoms with Gasteiger partial charge in [-0.25, -0.2) is 9.59 Å². The summed E-state index contributed by atoms with van der Waals surface area (Å²) in [6.07, 6.45) is -0.480. The summed E-state index contributed by atoms with van der Waals surface area (Å²) < 4.78 is 10.3. The molecule has 0 bridgehead atoms. The lowest BCUT2D eigenvalue weighted by Crippen LogP contribution is -2.29. The van der Waals surface area contributed by atoms with Crippen molar-refractivity contribution < 1.29 is 24.2 Å². The smallest absolute Gasteiger partial charge is 0.347 e. The number of carbonyl (C=O) groups excluding carboxylic acids is 1. The van der Waals surface area contributed by atoms with Gasteiger partial charge in [-0.15, -0.1) is 0 Å². The molecule has 0 spiro atoms. The summed E-state index contributed by atoms with van der Waals surface area (Å²) in [4.78, 5) is 22.8. The van der Waals surface area contributed by atoms with E-state index in [4.69, 9.17) is 20.3 Å². The van der Waals surface area contributed by atoms with Gasteiger partial charge < -0.3 is 20.3 Å². The molecule has 0 saturated heterocycles. The van der Waals surface area contributed by atoms with Gasteiger partial charge in [-0.2, -0.15) is 0 Å². The topological polar surface area (TPSA) is 98.9 Å². The summed E-state index contributed by atoms with van der Waals surface area (Å²) in [6.45, 7) is 3.67. The van der Waals surface area contributed by atoms with E-state index in [0.29, 0.717) is 6.42 Å². The highest BCUT2D eigenvalue weighted by atomic mass is 16.6. The minimum Gasteiger partial charge on any atom is -0.478 e. The third-order valence-corrected chi connectivity index (χ3v) is 2.46. The first-order valence-electron chi connectivity index (χ1n) is 5.96. The lowest BCUT2D eigenvalue weighted by molar-refractivity contribution is -0.151. The molecular weight excluding hydrogens is 250 g/mol. The van der Waals surface area contributed by atoms with Crippen LogP contribution in [0.4, 0.5) is 5.69 Å². The van der Waals surface area contributed by atoms with E-state index in [1.807, 2.05) is 0 Å². The Hall–Kier alpha value is -2.24. The van der Waals surface area contributed by atoms with Gasteiger partial charge >= 0.3 is 11.9 Å². The van der Waals surface area contributed by atoms with Crippen molar-refractivity contribution in [1.29, 1.82) is 0 Å². The molecule has 0 saturated carbocycles. The van der Waals surface area contributed by atoms with Gasteiger partial charge in [0.2, 0.25) is 0 Å². The second kappa shape index (κ2) is 6.63. The van der Waals surface area contributed by atoms with E-state index in [1.54, 1.807) is 19.9 Å². The van der Waals surface area contributed by atoms with Crippen LogP contribution in [0.3, 0.4) is 0 Å². The zero-order valence-corrected chi connectivity index (χ0v) is 10.9. The van der Waals surface area contributed by atoms with E-state index in [0.717, 1.165) is 0 Å². The molecule has 3 N–H and O–H groups in total. The van der Waals surface area contributed by atoms with Gasteiger partial charge in [0.25, 0.3) is 0 Å². The molecule has 0 radical (unpaired) electrons. The van der Waals surface area contributed by atoms with E-state index in [1.165, 1.54) is 12.1 Å². The van der Waals surface area contributed by atoms with Crippen molar-refractivity contribution in [3.63, 3.8) is 0 Å². The van der Waals surface area contributed by atoms with Crippen LogP contribution in [0, 0.1) is 0 Å². The van der Waals surface area contributed by atoms with E-state index >= 15 is 0 Å². The Bertz CT molecular complexity index is 472. The number of hydrogen-bond acceptors (Lipinski definition) is 5. The average Bonchev–Trinajstić information content (AvgIpc) is 2.35. The Morgan fingerprint density at radius 3 is 2.58 bits per heavy atom. The van der Waals surface area contributed by atoms with Crippen LogP contribution in [0.25, 0.3) is 0 Å². The first-order chi connectivity index (χ1) is 9.01. The molecule has 0 aliphatic heterocycles. The molecule has 6 nitrogen and oxygen atoms in total. The first kappa shape index (κ1) is 14.8. The number of aromatic carboxylic acids is 1. The Morgan fingerprint density at radius 1 is 1.37 bits per heavy atom. The van der Waals surface area contributed by atoms with Crippen LogP contribution in [0.2, 0.25) is 0 Å². The normalized spacial score (nSPS) is 11.7. The Labute approximate surface area is 111 Å². The molecule has 1 unspecified atom stereocenters. The van der Waals surface area contributed by atoms with Crippen LogP contribution in [0.15, 0.2) is 18.2 Å². The summed E-state index contributed by atoms with van der Waals surface area (Å²) in [5, 5.41) is 9.10. The summed E-state index contributed by atoms with van der Waals surface area (Å²) in [7, 11) is 0. The SMILES string of the molecule is CCOC(=O)C(CC)Oc1cccc(N)c1C(=O)O. The number of esters is 1. The predicted octanol–water partition coefficient (Wildman–Crippen LogP) is 1.69. The van der Waals surface area contributed by atoms with E-state index in [9.17, 15) is 9.59 Å². The largest absolute Gasteiger partial charge is 0.478 e. The van der Waals surface area contributed by atoms with E-state index in [2.05, 4.69) is 0 Å². The standard InChI is InChI=1S/C13H17NO5/c1-3-9(13(17)18-4-2)19-10-7-5-6-8(14)11(10)12(15)16/h5-7,9H,3-4,14H2,1-2H3,(H,15,16). The molecule has 6 heteroatoms. The van der Waals surface area contributed by atoms with Crippen LogP contribution in [-0.4, -0.2) is 29.8 Å². The van der Waals surface area contributed by atoms with Crippen LogP contribution >= 0.6 is 0 Å². The number of nitrogens with two attached hydrogens (primary N) is 1. The van der Waals surface area contributed by atoms with E-state index in [-0.39, 0.29) is 23.6 Å². The van der Waals surface area contributed by atoms with Gasteiger partial charge in [0, 0.05) is 5.69 Å². The summed E-state index contributed by atoms with van der Waals surface area (Å²) in [6, 6.07) is 4.48. The number of hydrogen-bond donors (Lipinski definition) is 2. The predicted molar refractivity (Wildman–Crippen MR) is 69.2 cm³/mol. The number of benzene rings is 1. The van der Waals surface area contributed by atoms with Gasteiger partial charge in [0.1, 0.15) is 11.3 Å². The Kier molecular flexibility index (Phi) is 5.17. The number of carboxylic acid groups (broad SMARTS) is 1. The molecule has 0 aliphatic rings. The van der Waals surface area contributed by atoms with Crippen molar-refractivity contribution in [2.75, 3.05) is 12.3 Å². The minimum atomic E-state index is -1.20. The number of rotatable bonds is 6. The van der Waals surface area contributed by atoms with Gasteiger partial charge in [-0.05, 0) is 25.5 Å². The van der Waals surface area contributed by atoms with E-state index < -0.39 is 18.0 Å². The van der Waals surface area contributed by atoms with Crippen LogP contribution in [-0.2, 0) is 9.53 Å². The van der Waals surface area contributed by atoms with Crippen LogP contribution < -0.4 is 10.5 Å². The summed E-state index contributed by atoms with van der Waals surface area (Å²) in [5.41, 5.74) is 5.54. The number of ether oxygens (including phenoxy) is 2. The number of carbonyl (C=O) groups is 2. The quantitative estimate of drug-likeness (QED) is 0.601. The second-order valence-electron chi connectivity index (χ2n) is 3.79. The molecule has 0 aliphatic carbocycles. The van der Waals surface area contributed by atoms with Crippen LogP contribution in [0.1, 0.15) is 30.6 Å². The maximum atomic E-state index is 11.6. The molecule has 0 aromatic heterocycles. The second-order valence-corrected chi connectivity index (χ2v) is 3.79. The highest BCUT2D eigenvalue weighted by molar-refractivity contribution is 5.96. The number of anilines is 1. The highest BCUT2D eigenvalue weighted by Gasteiger charge is 2.23. The lowest BCUT2D eigenvalue weighted by atomic mass is 10.1. The Morgan fingerprint density at radius 2 is 2.05 bits per heavy atom. The van der Waals surface area contributed by atoms with Crippen molar-refractivity contribution in [1.82, 2.24) is 0 Å². The molecule has 0 fully saturated rings. The first-order valence-corrected chi connectivity index (χ1v) is 5.96. The van der Waals surface area contributed by atoms with Gasteiger partial charge in [-0.1, -0.05) is 13.0 Å².